The number of aryl methyl sites for hydroxylation is 1. The number of oxime groups is 1. The third kappa shape index (κ3) is 6.70. The highest BCUT2D eigenvalue weighted by Crippen LogP contribution is 2.27. The Kier molecular flexibility index (Phi) is 7.58. The minimum atomic E-state index is -4.21. The Morgan fingerprint density at radius 3 is 2.58 bits per heavy atom. The van der Waals surface area contributed by atoms with E-state index in [0.717, 1.165) is 6.07 Å². The Morgan fingerprint density at radius 2 is 1.97 bits per heavy atom. The van der Waals surface area contributed by atoms with Gasteiger partial charge in [0.05, 0.1) is 11.7 Å². The van der Waals surface area contributed by atoms with Gasteiger partial charge in [-0.3, -0.25) is 14.3 Å². The van der Waals surface area contributed by atoms with Crippen LogP contribution in [0.2, 0.25) is 0 Å². The second-order valence-corrected chi connectivity index (χ2v) is 8.38. The molecule has 13 heteroatoms. The number of amides is 1. The molecule has 0 radical (unpaired) electrons. The quantitative estimate of drug-likeness (QED) is 0.143. The predicted octanol–water partition coefficient (Wildman–Crippen LogP) is -0.0717. The van der Waals surface area contributed by atoms with Crippen molar-refractivity contribution in [2.24, 2.45) is 22.4 Å². The molecule has 1 amide bonds. The van der Waals surface area contributed by atoms with Gasteiger partial charge in [-0.05, 0) is 36.2 Å². The molecule has 0 saturated heterocycles. The van der Waals surface area contributed by atoms with E-state index < -0.39 is 44.7 Å². The minimum Gasteiger partial charge on any atom is -0.393 e. The monoisotopic (exact) mass is 454 g/mol. The number of primary amides is 1. The van der Waals surface area contributed by atoms with Gasteiger partial charge < -0.3 is 27.0 Å². The van der Waals surface area contributed by atoms with Crippen LogP contribution in [0, 0.1) is 12.7 Å². The molecule has 0 saturated carbocycles. The van der Waals surface area contributed by atoms with Gasteiger partial charge >= 0.3 is 0 Å². The Balaban J connectivity index is 2.39. The van der Waals surface area contributed by atoms with Crippen LogP contribution in [0.3, 0.4) is 0 Å². The highest BCUT2D eigenvalue weighted by molar-refractivity contribution is 7.91. The molecule has 0 spiro atoms. The first kappa shape index (κ1) is 23.7. The van der Waals surface area contributed by atoms with Crippen molar-refractivity contribution in [1.29, 1.82) is 0 Å². The van der Waals surface area contributed by atoms with Crippen LogP contribution in [0.1, 0.15) is 29.2 Å². The molecule has 168 valence electrons. The third-order valence-corrected chi connectivity index (χ3v) is 5.35. The van der Waals surface area contributed by atoms with Crippen molar-refractivity contribution in [2.75, 3.05) is 11.3 Å². The highest BCUT2D eigenvalue weighted by Gasteiger charge is 2.26. The molecule has 1 unspecified atom stereocenters. The van der Waals surface area contributed by atoms with Crippen LogP contribution in [0.5, 0.6) is 0 Å². The maximum absolute atomic E-state index is 13.9. The van der Waals surface area contributed by atoms with E-state index in [1.807, 2.05) is 0 Å². The molecule has 31 heavy (non-hydrogen) atoms. The predicted molar refractivity (Wildman–Crippen MR) is 113 cm³/mol. The van der Waals surface area contributed by atoms with E-state index in [1.54, 1.807) is 6.92 Å². The summed E-state index contributed by atoms with van der Waals surface area (Å²) >= 11 is 0. The van der Waals surface area contributed by atoms with Crippen molar-refractivity contribution in [3.63, 3.8) is 0 Å². The summed E-state index contributed by atoms with van der Waals surface area (Å²) in [6.07, 6.45) is -0.0446. The molecule has 8 N–H and O–H groups in total. The number of aromatic nitrogens is 1. The van der Waals surface area contributed by atoms with Gasteiger partial charge in [0, 0.05) is 11.3 Å². The van der Waals surface area contributed by atoms with E-state index in [-0.39, 0.29) is 30.1 Å². The molecule has 1 heterocycles. The number of halogens is 1. The number of guanidine groups is 1. The maximum atomic E-state index is 13.9. The summed E-state index contributed by atoms with van der Waals surface area (Å²) in [5, 5.41) is 3.33. The first-order valence-electron chi connectivity index (χ1n) is 8.98. The van der Waals surface area contributed by atoms with Gasteiger partial charge in [0.25, 0.3) is 5.56 Å². The molecule has 0 aliphatic carbocycles. The van der Waals surface area contributed by atoms with Crippen molar-refractivity contribution in [1.82, 2.24) is 4.98 Å². The van der Waals surface area contributed by atoms with Crippen molar-refractivity contribution in [3.05, 3.63) is 63.3 Å². The number of carbonyl (C=O) groups is 1. The number of hydrogen-bond acceptors (Lipinski definition) is 6. The normalized spacial score (nSPS) is 12.1. The zero-order valence-electron chi connectivity index (χ0n) is 16.6. The number of nitrogens with one attached hydrogen (secondary N) is 2. The summed E-state index contributed by atoms with van der Waals surface area (Å²) in [7, 11) is -4.21. The van der Waals surface area contributed by atoms with E-state index in [9.17, 15) is 22.4 Å². The molecule has 2 aromatic rings. The first-order chi connectivity index (χ1) is 14.5. The lowest BCUT2D eigenvalue weighted by Crippen LogP contribution is -2.29. The van der Waals surface area contributed by atoms with Crippen molar-refractivity contribution in [2.45, 2.75) is 25.0 Å². The molecule has 11 nitrogen and oxygen atoms in total. The van der Waals surface area contributed by atoms with Crippen LogP contribution >= 0.6 is 0 Å². The average molecular weight is 454 g/mol. The molecule has 0 aliphatic rings. The van der Waals surface area contributed by atoms with Crippen molar-refractivity contribution < 1.29 is 22.4 Å². The fourth-order valence-corrected chi connectivity index (χ4v) is 4.09. The molecular weight excluding hydrogens is 431 g/mol. The van der Waals surface area contributed by atoms with E-state index in [4.69, 9.17) is 22.0 Å². The van der Waals surface area contributed by atoms with E-state index in [1.165, 1.54) is 24.3 Å². The van der Waals surface area contributed by atoms with Gasteiger partial charge in [-0.25, -0.2) is 12.8 Å². The van der Waals surface area contributed by atoms with Crippen LogP contribution < -0.4 is 27.5 Å². The topological polar surface area (TPSA) is 196 Å². The standard InChI is InChI=1S/C18H23FN6O5S/c1-10-8-13(12(16(20)26)6-7-30-24-18(21)22)15(17(27)23-10)25-31(28,29)9-11-4-2-3-5-14(11)19/h2-5,8,12,25H,6-7,9H2,1H3,(H2,20,26)(H,23,27)(H4,21,22,24). The van der Waals surface area contributed by atoms with Gasteiger partial charge in [-0.1, -0.05) is 18.2 Å². The summed E-state index contributed by atoms with van der Waals surface area (Å²) in [5.41, 5.74) is 14.9. The number of nitrogens with zero attached hydrogens (tertiary/aromatic N) is 1. The van der Waals surface area contributed by atoms with Crippen LogP contribution in [-0.2, 0) is 25.4 Å². The first-order valence-corrected chi connectivity index (χ1v) is 10.6. The molecule has 0 aliphatic heterocycles. The Hall–Kier alpha value is -3.61. The lowest BCUT2D eigenvalue weighted by molar-refractivity contribution is -0.119. The Morgan fingerprint density at radius 1 is 1.29 bits per heavy atom. The number of hydrogen-bond donors (Lipinski definition) is 5. The van der Waals surface area contributed by atoms with Gasteiger partial charge in [0.15, 0.2) is 0 Å². The van der Waals surface area contributed by atoms with Crippen LogP contribution in [0.25, 0.3) is 0 Å². The highest BCUT2D eigenvalue weighted by atomic mass is 32.2. The number of sulfonamides is 1. The summed E-state index contributed by atoms with van der Waals surface area (Å²) in [6, 6.07) is 6.75. The number of rotatable bonds is 10. The van der Waals surface area contributed by atoms with Crippen LogP contribution in [0.4, 0.5) is 10.1 Å². The maximum Gasteiger partial charge on any atom is 0.272 e. The molecule has 0 bridgehead atoms. The zero-order chi connectivity index (χ0) is 23.2. The fourth-order valence-electron chi connectivity index (χ4n) is 2.85. The minimum absolute atomic E-state index is 0.0409. The van der Waals surface area contributed by atoms with E-state index >= 15 is 0 Å². The number of aromatic amines is 1. The number of pyridine rings is 1. The number of anilines is 1. The summed E-state index contributed by atoms with van der Waals surface area (Å²) in [6.45, 7) is 1.41. The van der Waals surface area contributed by atoms with Crippen molar-refractivity contribution >= 4 is 27.6 Å². The molecule has 1 aromatic carbocycles. The molecule has 0 fully saturated rings. The van der Waals surface area contributed by atoms with Gasteiger partial charge in [0.1, 0.15) is 18.1 Å². The van der Waals surface area contributed by atoms with Crippen molar-refractivity contribution in [3.8, 4) is 0 Å². The Bertz CT molecular complexity index is 1140. The zero-order valence-corrected chi connectivity index (χ0v) is 17.4. The lowest BCUT2D eigenvalue weighted by atomic mass is 9.94. The second-order valence-electron chi connectivity index (χ2n) is 6.66. The number of carbonyl (C=O) groups excluding carboxylic acids is 1. The van der Waals surface area contributed by atoms with E-state index in [2.05, 4.69) is 14.9 Å². The lowest BCUT2D eigenvalue weighted by Gasteiger charge is -2.18. The second kappa shape index (κ2) is 9.93. The van der Waals surface area contributed by atoms with Crippen LogP contribution in [0.15, 0.2) is 40.3 Å². The number of nitrogens with two attached hydrogens (primary N) is 3. The average Bonchev–Trinajstić information content (AvgIpc) is 2.65. The van der Waals surface area contributed by atoms with E-state index in [0.29, 0.717) is 5.69 Å². The van der Waals surface area contributed by atoms with Gasteiger partial charge in [-0.2, -0.15) is 0 Å². The molecule has 1 aromatic heterocycles. The summed E-state index contributed by atoms with van der Waals surface area (Å²) in [4.78, 5) is 31.9. The smallest absolute Gasteiger partial charge is 0.272 e. The Labute approximate surface area is 177 Å². The fraction of sp³-hybridized carbons (Fsp3) is 0.278. The van der Waals surface area contributed by atoms with Crippen LogP contribution in [-0.4, -0.2) is 31.9 Å². The molecule has 2 rings (SSSR count). The molecular formula is C18H23FN6O5S. The van der Waals surface area contributed by atoms with Gasteiger partial charge in [0.2, 0.25) is 21.9 Å². The summed E-state index contributed by atoms with van der Waals surface area (Å²) < 4.78 is 41.3. The molecule has 1 atom stereocenters. The largest absolute Gasteiger partial charge is 0.393 e. The third-order valence-electron chi connectivity index (χ3n) is 4.15. The number of benzene rings is 1. The SMILES string of the molecule is Cc1cc(C(CCON=C(N)N)C(N)=O)c(NS(=O)(=O)Cc2ccccc2F)c(=O)[nH]1. The van der Waals surface area contributed by atoms with Gasteiger partial charge in [-0.15, -0.1) is 0 Å². The summed E-state index contributed by atoms with van der Waals surface area (Å²) in [5.74, 6) is -3.68. The number of H-pyrrole nitrogens is 1.